The summed E-state index contributed by atoms with van der Waals surface area (Å²) in [6.45, 7) is 6.23. The fraction of sp³-hybridized carbons (Fsp3) is 0.500. The molecular weight excluding hydrogens is 306 g/mol. The molecule has 0 aliphatic rings. The average molecular weight is 325 g/mol. The number of carboxylic acids is 1. The summed E-state index contributed by atoms with van der Waals surface area (Å²) in [5.41, 5.74) is 2.71. The third kappa shape index (κ3) is 3.91. The van der Waals surface area contributed by atoms with Crippen LogP contribution in [-0.4, -0.2) is 42.9 Å². The first-order chi connectivity index (χ1) is 10.0. The summed E-state index contributed by atoms with van der Waals surface area (Å²) in [7, 11) is 0. The molecule has 2 aromatic rings. The Labute approximate surface area is 132 Å². The Hall–Kier alpha value is -1.21. The van der Waals surface area contributed by atoms with Gasteiger partial charge in [0.2, 0.25) is 0 Å². The van der Waals surface area contributed by atoms with Gasteiger partial charge in [0.1, 0.15) is 5.52 Å². The molecule has 0 amide bonds. The molecule has 114 valence electrons. The van der Waals surface area contributed by atoms with Crippen molar-refractivity contribution >= 4 is 40.7 Å². The first-order valence-corrected chi connectivity index (χ1v) is 8.93. The van der Waals surface area contributed by atoms with Crippen molar-refractivity contribution in [2.75, 3.05) is 17.3 Å². The zero-order chi connectivity index (χ0) is 15.4. The number of rotatable bonds is 7. The normalized spacial score (nSPS) is 12.7. The van der Waals surface area contributed by atoms with Gasteiger partial charge in [0.15, 0.2) is 10.8 Å². The summed E-state index contributed by atoms with van der Waals surface area (Å²) < 4.78 is 2.06. The van der Waals surface area contributed by atoms with Crippen molar-refractivity contribution in [1.82, 2.24) is 14.5 Å². The molecule has 7 heteroatoms. The first-order valence-electron chi connectivity index (χ1n) is 6.79. The second-order valence-electron chi connectivity index (χ2n) is 4.81. The van der Waals surface area contributed by atoms with E-state index >= 15 is 0 Å². The smallest absolute Gasteiger partial charge is 0.313 e. The molecule has 0 saturated carbocycles. The van der Waals surface area contributed by atoms with Crippen molar-refractivity contribution in [1.29, 1.82) is 0 Å². The predicted molar refractivity (Wildman–Crippen MR) is 88.3 cm³/mol. The van der Waals surface area contributed by atoms with E-state index in [9.17, 15) is 4.79 Å². The molecule has 2 heterocycles. The van der Waals surface area contributed by atoms with Crippen LogP contribution in [0.25, 0.3) is 11.2 Å². The van der Waals surface area contributed by atoms with E-state index in [2.05, 4.69) is 28.4 Å². The molecule has 0 radical (unpaired) electrons. The summed E-state index contributed by atoms with van der Waals surface area (Å²) in [4.78, 5) is 19.9. The molecule has 1 N–H and O–H groups in total. The van der Waals surface area contributed by atoms with Crippen LogP contribution in [0.2, 0.25) is 0 Å². The van der Waals surface area contributed by atoms with Crippen molar-refractivity contribution < 1.29 is 9.90 Å². The summed E-state index contributed by atoms with van der Waals surface area (Å²) >= 11 is 3.11. The third-order valence-electron chi connectivity index (χ3n) is 2.96. The standard InChI is InChI=1S/C14H19N3O2S2/c1-4-20-7-10(3)17-13-11(5-9(2)6-15-13)16-14(17)21-8-12(18)19/h5-6,10H,4,7-8H2,1-3H3,(H,18,19). The highest BCUT2D eigenvalue weighted by Gasteiger charge is 2.18. The number of nitrogens with zero attached hydrogens (tertiary/aromatic N) is 3. The van der Waals surface area contributed by atoms with Crippen LogP contribution in [0, 0.1) is 6.92 Å². The largest absolute Gasteiger partial charge is 0.481 e. The van der Waals surface area contributed by atoms with Gasteiger partial charge >= 0.3 is 5.97 Å². The molecule has 0 aliphatic heterocycles. The van der Waals surface area contributed by atoms with Gasteiger partial charge in [0.05, 0.1) is 5.75 Å². The van der Waals surface area contributed by atoms with Gasteiger partial charge in [-0.1, -0.05) is 18.7 Å². The molecule has 2 aromatic heterocycles. The minimum absolute atomic E-state index is 0.00987. The van der Waals surface area contributed by atoms with E-state index in [-0.39, 0.29) is 11.8 Å². The van der Waals surface area contributed by atoms with E-state index in [0.717, 1.165) is 33.4 Å². The highest BCUT2D eigenvalue weighted by molar-refractivity contribution is 7.99. The molecule has 0 aliphatic carbocycles. The zero-order valence-corrected chi connectivity index (χ0v) is 14.0. The van der Waals surface area contributed by atoms with Crippen LogP contribution in [0.15, 0.2) is 17.4 Å². The zero-order valence-electron chi connectivity index (χ0n) is 12.4. The molecular formula is C14H19N3O2S2. The second-order valence-corrected chi connectivity index (χ2v) is 7.07. The minimum atomic E-state index is -0.835. The van der Waals surface area contributed by atoms with E-state index in [0.29, 0.717) is 0 Å². The molecule has 1 atom stereocenters. The van der Waals surface area contributed by atoms with Gasteiger partial charge in [0, 0.05) is 18.0 Å². The van der Waals surface area contributed by atoms with Crippen LogP contribution in [0.4, 0.5) is 0 Å². The lowest BCUT2D eigenvalue weighted by atomic mass is 10.3. The van der Waals surface area contributed by atoms with E-state index in [4.69, 9.17) is 5.11 Å². The van der Waals surface area contributed by atoms with Crippen LogP contribution in [0.1, 0.15) is 25.5 Å². The number of pyridine rings is 1. The van der Waals surface area contributed by atoms with Crippen molar-refractivity contribution in [3.8, 4) is 0 Å². The maximum atomic E-state index is 10.8. The highest BCUT2D eigenvalue weighted by Crippen LogP contribution is 2.28. The number of hydrogen-bond donors (Lipinski definition) is 1. The van der Waals surface area contributed by atoms with Crippen LogP contribution in [0.5, 0.6) is 0 Å². The summed E-state index contributed by atoms with van der Waals surface area (Å²) in [6.07, 6.45) is 1.83. The lowest BCUT2D eigenvalue weighted by Crippen LogP contribution is -2.11. The number of aryl methyl sites for hydroxylation is 1. The molecule has 0 bridgehead atoms. The lowest BCUT2D eigenvalue weighted by molar-refractivity contribution is -0.133. The van der Waals surface area contributed by atoms with Crippen molar-refractivity contribution in [2.45, 2.75) is 32.0 Å². The number of carboxylic acid groups (broad SMARTS) is 1. The third-order valence-corrected chi connectivity index (χ3v) is 5.03. The van der Waals surface area contributed by atoms with E-state index < -0.39 is 5.97 Å². The minimum Gasteiger partial charge on any atom is -0.481 e. The lowest BCUT2D eigenvalue weighted by Gasteiger charge is -2.15. The van der Waals surface area contributed by atoms with E-state index in [1.165, 1.54) is 11.8 Å². The quantitative estimate of drug-likeness (QED) is 0.788. The summed E-state index contributed by atoms with van der Waals surface area (Å²) in [5.74, 6) is 1.19. The molecule has 2 rings (SSSR count). The Morgan fingerprint density at radius 1 is 1.52 bits per heavy atom. The monoisotopic (exact) mass is 325 g/mol. The average Bonchev–Trinajstić information content (AvgIpc) is 2.79. The Kier molecular flexibility index (Phi) is 5.52. The topological polar surface area (TPSA) is 68.0 Å². The van der Waals surface area contributed by atoms with Crippen LogP contribution in [0.3, 0.4) is 0 Å². The first kappa shape index (κ1) is 16.2. The SMILES string of the molecule is CCSCC(C)n1c(SCC(=O)O)nc2cc(C)cnc21. The Morgan fingerprint density at radius 2 is 2.29 bits per heavy atom. The highest BCUT2D eigenvalue weighted by atomic mass is 32.2. The number of fused-ring (bicyclic) bond motifs is 1. The van der Waals surface area contributed by atoms with Gasteiger partial charge in [-0.25, -0.2) is 9.97 Å². The van der Waals surface area contributed by atoms with Crippen LogP contribution < -0.4 is 0 Å². The number of carbonyl (C=O) groups is 1. The van der Waals surface area contributed by atoms with Gasteiger partial charge < -0.3 is 5.11 Å². The van der Waals surface area contributed by atoms with Crippen LogP contribution >= 0.6 is 23.5 Å². The fourth-order valence-electron chi connectivity index (χ4n) is 2.05. The number of imidazole rings is 1. The molecule has 0 spiro atoms. The molecule has 21 heavy (non-hydrogen) atoms. The molecule has 0 fully saturated rings. The number of thioether (sulfide) groups is 2. The number of hydrogen-bond acceptors (Lipinski definition) is 5. The van der Waals surface area contributed by atoms with E-state index in [1.54, 1.807) is 0 Å². The fourth-order valence-corrected chi connectivity index (χ4v) is 3.60. The molecule has 5 nitrogen and oxygen atoms in total. The summed E-state index contributed by atoms with van der Waals surface area (Å²) in [6, 6.07) is 2.22. The van der Waals surface area contributed by atoms with Gasteiger partial charge in [-0.05, 0) is 31.2 Å². The number of aliphatic carboxylic acids is 1. The maximum Gasteiger partial charge on any atom is 0.313 e. The predicted octanol–water partition coefficient (Wildman–Crippen LogP) is 3.23. The van der Waals surface area contributed by atoms with Gasteiger partial charge in [-0.2, -0.15) is 11.8 Å². The van der Waals surface area contributed by atoms with Crippen LogP contribution in [-0.2, 0) is 4.79 Å². The summed E-state index contributed by atoms with van der Waals surface area (Å²) in [5, 5.41) is 9.62. The Bertz CT molecular complexity index is 642. The Balaban J connectivity index is 2.41. The molecule has 0 saturated heterocycles. The Morgan fingerprint density at radius 3 is 2.95 bits per heavy atom. The molecule has 0 aromatic carbocycles. The maximum absolute atomic E-state index is 10.8. The van der Waals surface area contributed by atoms with E-state index in [1.807, 2.05) is 30.9 Å². The van der Waals surface area contributed by atoms with Gasteiger partial charge in [-0.3, -0.25) is 9.36 Å². The second kappa shape index (κ2) is 7.17. The van der Waals surface area contributed by atoms with Crippen molar-refractivity contribution in [3.63, 3.8) is 0 Å². The van der Waals surface area contributed by atoms with Gasteiger partial charge in [0.25, 0.3) is 0 Å². The molecule has 1 unspecified atom stereocenters. The van der Waals surface area contributed by atoms with Gasteiger partial charge in [-0.15, -0.1) is 0 Å². The van der Waals surface area contributed by atoms with Crippen molar-refractivity contribution in [3.05, 3.63) is 17.8 Å². The van der Waals surface area contributed by atoms with Crippen molar-refractivity contribution in [2.24, 2.45) is 0 Å². The number of aromatic nitrogens is 3.